The minimum Gasteiger partial charge on any atom is -0.339 e. The molecule has 0 aliphatic carbocycles. The molecule has 2 heterocycles. The van der Waals surface area contributed by atoms with Crippen molar-refractivity contribution in [2.45, 2.75) is 57.3 Å². The van der Waals surface area contributed by atoms with E-state index in [0.717, 1.165) is 38.6 Å². The van der Waals surface area contributed by atoms with Gasteiger partial charge in [-0.25, -0.2) is 0 Å². The molecule has 0 spiro atoms. The van der Waals surface area contributed by atoms with Gasteiger partial charge in [0.25, 0.3) is 15.9 Å². The van der Waals surface area contributed by atoms with Crippen molar-refractivity contribution in [1.29, 1.82) is 0 Å². The van der Waals surface area contributed by atoms with Crippen LogP contribution in [0.1, 0.15) is 62.7 Å². The fourth-order valence-corrected chi connectivity index (χ4v) is 4.83. The first-order valence-electron chi connectivity index (χ1n) is 9.52. The summed E-state index contributed by atoms with van der Waals surface area (Å²) in [6.07, 6.45) is 5.67. The van der Waals surface area contributed by atoms with Gasteiger partial charge in [-0.15, -0.1) is 4.40 Å². The van der Waals surface area contributed by atoms with Gasteiger partial charge in [0.1, 0.15) is 10.7 Å². The average Bonchev–Trinajstić information content (AvgIpc) is 2.86. The van der Waals surface area contributed by atoms with Crippen molar-refractivity contribution in [2.75, 3.05) is 24.5 Å². The molecule has 26 heavy (non-hydrogen) atoms. The molecule has 1 saturated heterocycles. The van der Waals surface area contributed by atoms with Gasteiger partial charge in [0.05, 0.1) is 5.69 Å². The highest BCUT2D eigenvalue weighted by molar-refractivity contribution is 7.90. The molecule has 0 radical (unpaired) electrons. The van der Waals surface area contributed by atoms with Crippen molar-refractivity contribution < 1.29 is 13.2 Å². The highest BCUT2D eigenvalue weighted by Gasteiger charge is 2.32. The van der Waals surface area contributed by atoms with Crippen LogP contribution in [0.4, 0.5) is 5.69 Å². The van der Waals surface area contributed by atoms with Gasteiger partial charge in [0.2, 0.25) is 0 Å². The van der Waals surface area contributed by atoms with E-state index < -0.39 is 10.0 Å². The summed E-state index contributed by atoms with van der Waals surface area (Å²) in [6, 6.07) is 5.03. The molecule has 1 fully saturated rings. The summed E-state index contributed by atoms with van der Waals surface area (Å²) in [5.74, 6) is 0.511. The lowest BCUT2D eigenvalue weighted by Crippen LogP contribution is -2.36. The summed E-state index contributed by atoms with van der Waals surface area (Å²) >= 11 is 0. The summed E-state index contributed by atoms with van der Waals surface area (Å²) < 4.78 is 29.4. The first kappa shape index (κ1) is 18.9. The lowest BCUT2D eigenvalue weighted by atomic mass is 10.1. The summed E-state index contributed by atoms with van der Waals surface area (Å²) in [4.78, 5) is 16.7. The van der Waals surface area contributed by atoms with Crippen LogP contribution >= 0.6 is 0 Å². The van der Waals surface area contributed by atoms with Crippen LogP contribution in [-0.4, -0.2) is 44.7 Å². The SMILES string of the molecule is CCCCN(CC)C(=O)c1ccc2c(c1)S(=O)(=O)N=C1CCCCCN12. The summed E-state index contributed by atoms with van der Waals surface area (Å²) in [7, 11) is -3.76. The lowest BCUT2D eigenvalue weighted by molar-refractivity contribution is 0.0762. The number of hydrogen-bond acceptors (Lipinski definition) is 4. The molecule has 0 saturated carbocycles. The maximum Gasteiger partial charge on any atom is 0.286 e. The molecule has 2 aliphatic rings. The first-order valence-corrected chi connectivity index (χ1v) is 11.0. The smallest absolute Gasteiger partial charge is 0.286 e. The highest BCUT2D eigenvalue weighted by Crippen LogP contribution is 2.35. The van der Waals surface area contributed by atoms with Crippen LogP contribution < -0.4 is 4.90 Å². The van der Waals surface area contributed by atoms with Crippen molar-refractivity contribution in [3.8, 4) is 0 Å². The Morgan fingerprint density at radius 3 is 2.77 bits per heavy atom. The predicted octanol–water partition coefficient (Wildman–Crippen LogP) is 3.43. The van der Waals surface area contributed by atoms with Gasteiger partial charge in [-0.05, 0) is 44.4 Å². The Hall–Kier alpha value is -1.89. The van der Waals surface area contributed by atoms with Crippen LogP contribution in [0.2, 0.25) is 0 Å². The standard InChI is InChI=1S/C19H27N3O3S/c1-3-5-12-21(4-2)19(23)15-10-11-16-17(14-15)26(24,25)20-18-9-7-6-8-13-22(16)18/h10-11,14H,3-9,12-13H2,1-2H3. The quantitative estimate of drug-likeness (QED) is 0.788. The number of amidine groups is 1. The minimum absolute atomic E-state index is 0.121. The zero-order valence-corrected chi connectivity index (χ0v) is 16.4. The first-order chi connectivity index (χ1) is 12.5. The van der Waals surface area contributed by atoms with Crippen LogP contribution in [0, 0.1) is 0 Å². The van der Waals surface area contributed by atoms with E-state index in [1.165, 1.54) is 6.07 Å². The molecule has 1 aromatic carbocycles. The third-order valence-corrected chi connectivity index (χ3v) is 6.38. The molecule has 0 aromatic heterocycles. The number of benzene rings is 1. The molecule has 0 N–H and O–H groups in total. The Balaban J connectivity index is 1.97. The number of rotatable bonds is 5. The van der Waals surface area contributed by atoms with Crippen LogP contribution in [0.3, 0.4) is 0 Å². The van der Waals surface area contributed by atoms with Gasteiger partial charge in [-0.2, -0.15) is 8.42 Å². The number of hydrogen-bond donors (Lipinski definition) is 0. The second-order valence-corrected chi connectivity index (χ2v) is 8.44. The molecular formula is C19H27N3O3S. The molecular weight excluding hydrogens is 350 g/mol. The topological polar surface area (TPSA) is 70.0 Å². The minimum atomic E-state index is -3.76. The normalized spacial score (nSPS) is 18.4. The van der Waals surface area contributed by atoms with Crippen LogP contribution in [-0.2, 0) is 10.0 Å². The van der Waals surface area contributed by atoms with E-state index in [2.05, 4.69) is 11.3 Å². The number of anilines is 1. The number of nitrogens with zero attached hydrogens (tertiary/aromatic N) is 3. The van der Waals surface area contributed by atoms with Crippen molar-refractivity contribution in [2.24, 2.45) is 4.40 Å². The Labute approximate surface area is 156 Å². The van der Waals surface area contributed by atoms with Crippen LogP contribution in [0.25, 0.3) is 0 Å². The third-order valence-electron chi connectivity index (χ3n) is 5.05. The summed E-state index contributed by atoms with van der Waals surface area (Å²) in [5, 5.41) is 0. The molecule has 0 bridgehead atoms. The van der Waals surface area contributed by atoms with Gasteiger partial charge in [-0.1, -0.05) is 19.8 Å². The average molecular weight is 378 g/mol. The number of unbranched alkanes of at least 4 members (excludes halogenated alkanes) is 1. The van der Waals surface area contributed by atoms with Crippen molar-refractivity contribution in [1.82, 2.24) is 4.90 Å². The molecule has 7 heteroatoms. The maximum atomic E-state index is 12.8. The van der Waals surface area contributed by atoms with Crippen molar-refractivity contribution >= 4 is 27.5 Å². The summed E-state index contributed by atoms with van der Waals surface area (Å²) in [5.41, 5.74) is 1.07. The van der Waals surface area contributed by atoms with E-state index in [1.807, 2.05) is 11.8 Å². The number of amides is 1. The highest BCUT2D eigenvalue weighted by atomic mass is 32.2. The monoisotopic (exact) mass is 377 g/mol. The van der Waals surface area contributed by atoms with Crippen LogP contribution in [0.15, 0.2) is 27.5 Å². The molecule has 6 nitrogen and oxygen atoms in total. The molecule has 1 amide bonds. The summed E-state index contributed by atoms with van der Waals surface area (Å²) in [6.45, 7) is 6.09. The molecule has 2 aliphatic heterocycles. The second kappa shape index (κ2) is 7.78. The molecule has 3 rings (SSSR count). The van der Waals surface area contributed by atoms with Gasteiger partial charge in [0, 0.05) is 31.6 Å². The fraction of sp³-hybridized carbons (Fsp3) is 0.579. The Bertz CT molecular complexity index is 817. The van der Waals surface area contributed by atoms with E-state index in [-0.39, 0.29) is 10.8 Å². The molecule has 142 valence electrons. The Kier molecular flexibility index (Phi) is 5.65. The van der Waals surface area contributed by atoms with Gasteiger partial charge in [0.15, 0.2) is 0 Å². The maximum absolute atomic E-state index is 12.8. The van der Waals surface area contributed by atoms with Gasteiger partial charge < -0.3 is 9.80 Å². The van der Waals surface area contributed by atoms with E-state index >= 15 is 0 Å². The second-order valence-electron chi connectivity index (χ2n) is 6.87. The van der Waals surface area contributed by atoms with Crippen LogP contribution in [0.5, 0.6) is 0 Å². The number of fused-ring (bicyclic) bond motifs is 3. The molecule has 1 aromatic rings. The van der Waals surface area contributed by atoms with Crippen molar-refractivity contribution in [3.05, 3.63) is 23.8 Å². The number of carbonyl (C=O) groups excluding carboxylic acids is 1. The van der Waals surface area contributed by atoms with Gasteiger partial charge >= 0.3 is 0 Å². The predicted molar refractivity (Wildman–Crippen MR) is 103 cm³/mol. The van der Waals surface area contributed by atoms with Crippen molar-refractivity contribution in [3.63, 3.8) is 0 Å². The zero-order valence-electron chi connectivity index (χ0n) is 15.6. The number of sulfonamides is 1. The van der Waals surface area contributed by atoms with E-state index in [9.17, 15) is 13.2 Å². The van der Waals surface area contributed by atoms with E-state index in [4.69, 9.17) is 0 Å². The van der Waals surface area contributed by atoms with Gasteiger partial charge in [-0.3, -0.25) is 4.79 Å². The fourth-order valence-electron chi connectivity index (χ4n) is 3.55. The molecule has 0 atom stereocenters. The van der Waals surface area contributed by atoms with E-state index in [1.54, 1.807) is 17.0 Å². The zero-order chi connectivity index (χ0) is 18.7. The molecule has 0 unspecified atom stereocenters. The lowest BCUT2D eigenvalue weighted by Gasteiger charge is -2.30. The van der Waals surface area contributed by atoms with E-state index in [0.29, 0.717) is 36.6 Å². The third kappa shape index (κ3) is 3.63. The largest absolute Gasteiger partial charge is 0.339 e. The Morgan fingerprint density at radius 2 is 2.04 bits per heavy atom. The Morgan fingerprint density at radius 1 is 1.23 bits per heavy atom. The number of carbonyl (C=O) groups is 1.